The van der Waals surface area contributed by atoms with Crippen molar-refractivity contribution in [2.24, 2.45) is 7.05 Å². The molecule has 5 aromatic rings. The van der Waals surface area contributed by atoms with Crippen molar-refractivity contribution in [3.8, 4) is 28.5 Å². The predicted molar refractivity (Wildman–Crippen MR) is 136 cm³/mol. The van der Waals surface area contributed by atoms with Crippen LogP contribution >= 0.6 is 0 Å². The molecule has 0 atom stereocenters. The van der Waals surface area contributed by atoms with Gasteiger partial charge in [-0.25, -0.2) is 9.67 Å². The summed E-state index contributed by atoms with van der Waals surface area (Å²) in [6.45, 7) is 3.82. The number of hydrogen-bond donors (Lipinski definition) is 1. The Hall–Kier alpha value is -4.65. The number of carbonyl (C=O) groups excluding carboxylic acids is 1. The zero-order valence-electron chi connectivity index (χ0n) is 19.6. The van der Waals surface area contributed by atoms with Crippen molar-refractivity contribution in [2.75, 3.05) is 5.32 Å². The largest absolute Gasteiger partial charge is 0.436 e. The number of para-hydroxylation sites is 1. The summed E-state index contributed by atoms with van der Waals surface area (Å²) in [4.78, 5) is 31.0. The van der Waals surface area contributed by atoms with Crippen LogP contribution in [-0.4, -0.2) is 20.3 Å². The minimum absolute atomic E-state index is 0.226. The first-order valence-corrected chi connectivity index (χ1v) is 11.2. The van der Waals surface area contributed by atoms with Gasteiger partial charge in [-0.05, 0) is 38.1 Å². The molecule has 5 rings (SSSR count). The topological polar surface area (TPSA) is 82.1 Å². The Morgan fingerprint density at radius 2 is 1.60 bits per heavy atom. The second kappa shape index (κ2) is 8.95. The van der Waals surface area contributed by atoms with E-state index < -0.39 is 5.91 Å². The van der Waals surface area contributed by atoms with E-state index in [0.717, 1.165) is 11.1 Å². The average molecular weight is 465 g/mol. The molecule has 7 heteroatoms. The Kier molecular flexibility index (Phi) is 5.66. The highest BCUT2D eigenvalue weighted by atomic mass is 16.4. The summed E-state index contributed by atoms with van der Waals surface area (Å²) in [5, 5.41) is 2.82. The number of rotatable bonds is 5. The van der Waals surface area contributed by atoms with Gasteiger partial charge in [-0.2, -0.15) is 0 Å². The van der Waals surface area contributed by atoms with Crippen molar-refractivity contribution in [2.45, 2.75) is 13.8 Å². The number of aryl methyl sites for hydroxylation is 1. The van der Waals surface area contributed by atoms with Crippen LogP contribution in [0.1, 0.15) is 21.6 Å². The van der Waals surface area contributed by atoms with Crippen LogP contribution in [0.2, 0.25) is 0 Å². The van der Waals surface area contributed by atoms with Crippen LogP contribution in [0.4, 0.5) is 5.69 Å². The molecule has 0 radical (unpaired) electrons. The highest BCUT2D eigenvalue weighted by molar-refractivity contribution is 6.08. The lowest BCUT2D eigenvalue weighted by atomic mass is 10.1. The van der Waals surface area contributed by atoms with E-state index in [9.17, 15) is 9.59 Å². The lowest BCUT2D eigenvalue weighted by molar-refractivity contribution is 0.102. The summed E-state index contributed by atoms with van der Waals surface area (Å²) >= 11 is 0. The van der Waals surface area contributed by atoms with Crippen molar-refractivity contribution in [3.05, 3.63) is 112 Å². The second-order valence-corrected chi connectivity index (χ2v) is 8.33. The molecule has 1 N–H and O–H groups in total. The Labute approximate surface area is 202 Å². The molecule has 0 bridgehead atoms. The Morgan fingerprint density at radius 1 is 0.914 bits per heavy atom. The number of oxazole rings is 1. The van der Waals surface area contributed by atoms with Crippen LogP contribution in [0.15, 0.2) is 94.3 Å². The zero-order valence-corrected chi connectivity index (χ0v) is 19.6. The minimum Gasteiger partial charge on any atom is -0.436 e. The highest BCUT2D eigenvalue weighted by Crippen LogP contribution is 2.29. The van der Waals surface area contributed by atoms with Gasteiger partial charge in [-0.1, -0.05) is 60.2 Å². The fourth-order valence-corrected chi connectivity index (χ4v) is 4.01. The molecular formula is C28H24N4O3. The molecule has 0 fully saturated rings. The second-order valence-electron chi connectivity index (χ2n) is 8.33. The molecule has 35 heavy (non-hydrogen) atoms. The Balaban J connectivity index is 1.48. The molecule has 0 aliphatic carbocycles. The maximum absolute atomic E-state index is 13.3. The van der Waals surface area contributed by atoms with Crippen molar-refractivity contribution in [3.63, 3.8) is 0 Å². The van der Waals surface area contributed by atoms with E-state index in [1.807, 2.05) is 67.6 Å². The van der Waals surface area contributed by atoms with Crippen molar-refractivity contribution < 1.29 is 9.21 Å². The van der Waals surface area contributed by atoms with E-state index in [-0.39, 0.29) is 11.2 Å². The molecule has 0 unspecified atom stereocenters. The van der Waals surface area contributed by atoms with E-state index in [4.69, 9.17) is 4.42 Å². The molecular weight excluding hydrogens is 440 g/mol. The number of nitrogens with one attached hydrogen (secondary N) is 1. The Bertz CT molecular complexity index is 1580. The number of carbonyl (C=O) groups is 1. The van der Waals surface area contributed by atoms with Gasteiger partial charge in [0.25, 0.3) is 11.5 Å². The third-order valence-electron chi connectivity index (χ3n) is 6.04. The molecule has 0 aliphatic rings. The van der Waals surface area contributed by atoms with E-state index in [1.54, 1.807) is 43.0 Å². The van der Waals surface area contributed by atoms with Crippen LogP contribution in [-0.2, 0) is 7.05 Å². The fourth-order valence-electron chi connectivity index (χ4n) is 4.01. The first kappa shape index (κ1) is 22.2. The van der Waals surface area contributed by atoms with Gasteiger partial charge < -0.3 is 9.73 Å². The van der Waals surface area contributed by atoms with Gasteiger partial charge in [-0.15, -0.1) is 0 Å². The van der Waals surface area contributed by atoms with E-state index >= 15 is 0 Å². The van der Waals surface area contributed by atoms with Gasteiger partial charge in [-0.3, -0.25) is 14.3 Å². The maximum Gasteiger partial charge on any atom is 0.295 e. The van der Waals surface area contributed by atoms with Gasteiger partial charge in [0.1, 0.15) is 5.69 Å². The molecule has 7 nitrogen and oxygen atoms in total. The van der Waals surface area contributed by atoms with Crippen molar-refractivity contribution in [1.29, 1.82) is 0 Å². The molecule has 0 spiro atoms. The average Bonchev–Trinajstić information content (AvgIpc) is 3.45. The van der Waals surface area contributed by atoms with Crippen LogP contribution < -0.4 is 10.9 Å². The van der Waals surface area contributed by atoms with Crippen molar-refractivity contribution in [1.82, 2.24) is 14.3 Å². The Morgan fingerprint density at radius 3 is 2.34 bits per heavy atom. The SMILES string of the molecule is Cc1ccc(-c2cnc(-c3ccccc3C(=O)Nc3c(C)n(C)n(-c4ccccc4)c3=O)o2)cc1. The summed E-state index contributed by atoms with van der Waals surface area (Å²) in [6.07, 6.45) is 1.65. The van der Waals surface area contributed by atoms with Gasteiger partial charge in [0, 0.05) is 18.2 Å². The molecule has 0 saturated carbocycles. The standard InChI is InChI=1S/C28H24N4O3/c1-18-13-15-20(16-14-18)24-17-29-27(35-24)23-12-8-7-11-22(23)26(33)30-25-19(2)31(3)32(28(25)34)21-9-5-4-6-10-21/h4-17H,1-3H3,(H,30,33). The van der Waals surface area contributed by atoms with E-state index in [1.165, 1.54) is 4.68 Å². The number of benzene rings is 3. The molecule has 174 valence electrons. The van der Waals surface area contributed by atoms with Crippen LogP contribution in [0.3, 0.4) is 0 Å². The highest BCUT2D eigenvalue weighted by Gasteiger charge is 2.22. The summed E-state index contributed by atoms with van der Waals surface area (Å²) in [7, 11) is 1.78. The maximum atomic E-state index is 13.3. The number of amides is 1. The van der Waals surface area contributed by atoms with Crippen molar-refractivity contribution >= 4 is 11.6 Å². The van der Waals surface area contributed by atoms with E-state index in [0.29, 0.717) is 34.2 Å². The molecule has 2 aromatic heterocycles. The van der Waals surface area contributed by atoms with Crippen LogP contribution in [0.25, 0.3) is 28.5 Å². The van der Waals surface area contributed by atoms with Crippen LogP contribution in [0, 0.1) is 13.8 Å². The van der Waals surface area contributed by atoms with Crippen LogP contribution in [0.5, 0.6) is 0 Å². The molecule has 3 aromatic carbocycles. The summed E-state index contributed by atoms with van der Waals surface area (Å²) in [5.41, 5.74) is 4.23. The molecule has 1 amide bonds. The number of nitrogens with zero attached hydrogens (tertiary/aromatic N) is 3. The lowest BCUT2D eigenvalue weighted by Crippen LogP contribution is -2.23. The molecule has 2 heterocycles. The number of aromatic nitrogens is 3. The quantitative estimate of drug-likeness (QED) is 0.379. The first-order chi connectivity index (χ1) is 16.9. The normalized spacial score (nSPS) is 10.9. The van der Waals surface area contributed by atoms with Gasteiger partial charge >= 0.3 is 0 Å². The molecule has 0 aliphatic heterocycles. The monoisotopic (exact) mass is 464 g/mol. The fraction of sp³-hybridized carbons (Fsp3) is 0.107. The zero-order chi connectivity index (χ0) is 24.5. The predicted octanol–water partition coefficient (Wildman–Crippen LogP) is 5.37. The lowest BCUT2D eigenvalue weighted by Gasteiger charge is -2.08. The van der Waals surface area contributed by atoms with E-state index in [2.05, 4.69) is 10.3 Å². The number of hydrogen-bond acceptors (Lipinski definition) is 4. The third kappa shape index (κ3) is 4.08. The molecule has 0 saturated heterocycles. The summed E-state index contributed by atoms with van der Waals surface area (Å²) in [6, 6.07) is 24.3. The number of anilines is 1. The van der Waals surface area contributed by atoms with Gasteiger partial charge in [0.05, 0.1) is 23.1 Å². The van der Waals surface area contributed by atoms with Gasteiger partial charge in [0.2, 0.25) is 5.89 Å². The smallest absolute Gasteiger partial charge is 0.295 e. The third-order valence-corrected chi connectivity index (χ3v) is 6.04. The summed E-state index contributed by atoms with van der Waals surface area (Å²) < 4.78 is 9.25. The van der Waals surface area contributed by atoms with Gasteiger partial charge in [0.15, 0.2) is 5.76 Å². The summed E-state index contributed by atoms with van der Waals surface area (Å²) in [5.74, 6) is 0.527. The first-order valence-electron chi connectivity index (χ1n) is 11.2. The minimum atomic E-state index is -0.415.